The number of rotatable bonds is 6. The van der Waals surface area contributed by atoms with Crippen molar-refractivity contribution in [3.05, 3.63) is 91.9 Å². The molecule has 0 fully saturated rings. The first kappa shape index (κ1) is 23.7. The second-order valence-corrected chi connectivity index (χ2v) is 9.62. The summed E-state index contributed by atoms with van der Waals surface area (Å²) in [6.07, 6.45) is 0. The molecule has 0 radical (unpaired) electrons. The van der Waals surface area contributed by atoms with Crippen LogP contribution in [-0.4, -0.2) is 22.8 Å². The third-order valence-electron chi connectivity index (χ3n) is 5.60. The highest BCUT2D eigenvalue weighted by molar-refractivity contribution is 9.10. The van der Waals surface area contributed by atoms with Crippen LogP contribution in [0.5, 0.6) is 17.4 Å². The summed E-state index contributed by atoms with van der Waals surface area (Å²) in [5, 5.41) is 19.1. The van der Waals surface area contributed by atoms with E-state index < -0.39 is 11.9 Å². The fourth-order valence-electron chi connectivity index (χ4n) is 4.02. The number of esters is 1. The number of hydrogen-bond acceptors (Lipinski definition) is 8. The van der Waals surface area contributed by atoms with Gasteiger partial charge in [-0.1, -0.05) is 40.2 Å². The summed E-state index contributed by atoms with van der Waals surface area (Å²) in [4.78, 5) is 13.0. The number of halogens is 1. The van der Waals surface area contributed by atoms with Crippen LogP contribution in [0.1, 0.15) is 33.6 Å². The first-order valence-electron chi connectivity index (χ1n) is 10.9. The Morgan fingerprint density at radius 3 is 2.75 bits per heavy atom. The van der Waals surface area contributed by atoms with Gasteiger partial charge in [0.15, 0.2) is 11.5 Å². The van der Waals surface area contributed by atoms with Gasteiger partial charge >= 0.3 is 5.97 Å². The van der Waals surface area contributed by atoms with Gasteiger partial charge in [0.2, 0.25) is 11.8 Å². The molecule has 0 amide bonds. The molecule has 2 aromatic heterocycles. The molecular formula is C26H19BrN4O4S. The van der Waals surface area contributed by atoms with E-state index in [1.807, 2.05) is 31.2 Å². The number of H-pyrrole nitrogens is 1. The van der Waals surface area contributed by atoms with Gasteiger partial charge in [-0.15, -0.1) is 16.4 Å². The van der Waals surface area contributed by atoms with Gasteiger partial charge in [-0.3, -0.25) is 5.10 Å². The number of allylic oxidation sites excluding steroid dienone is 1. The fraction of sp³-hybridized carbons (Fsp3) is 0.115. The molecule has 1 aliphatic rings. The predicted molar refractivity (Wildman–Crippen MR) is 138 cm³/mol. The van der Waals surface area contributed by atoms with E-state index >= 15 is 0 Å². The minimum absolute atomic E-state index is 0.0185. The molecule has 0 saturated heterocycles. The Morgan fingerprint density at radius 2 is 2.06 bits per heavy atom. The highest BCUT2D eigenvalue weighted by Crippen LogP contribution is 2.47. The summed E-state index contributed by atoms with van der Waals surface area (Å²) in [6.45, 7) is 2.19. The van der Waals surface area contributed by atoms with Crippen LogP contribution in [0, 0.1) is 11.3 Å². The van der Waals surface area contributed by atoms with Crippen LogP contribution < -0.4 is 19.9 Å². The molecule has 0 bridgehead atoms. The van der Waals surface area contributed by atoms with Crippen LogP contribution in [0.15, 0.2) is 75.9 Å². The van der Waals surface area contributed by atoms with Crippen LogP contribution >= 0.6 is 27.3 Å². The summed E-state index contributed by atoms with van der Waals surface area (Å²) < 4.78 is 18.1. The van der Waals surface area contributed by atoms with E-state index in [1.165, 1.54) is 11.3 Å². The molecule has 8 nitrogen and oxygen atoms in total. The van der Waals surface area contributed by atoms with Gasteiger partial charge in [0.25, 0.3) is 0 Å². The lowest BCUT2D eigenvalue weighted by atomic mass is 9.83. The van der Waals surface area contributed by atoms with E-state index in [0.717, 1.165) is 10.0 Å². The highest BCUT2D eigenvalue weighted by atomic mass is 79.9. The van der Waals surface area contributed by atoms with E-state index in [9.17, 15) is 10.1 Å². The van der Waals surface area contributed by atoms with E-state index in [1.54, 1.807) is 35.7 Å². The molecule has 4 aromatic rings. The maximum atomic E-state index is 12.5. The van der Waals surface area contributed by atoms with Crippen LogP contribution in [0.2, 0.25) is 0 Å². The number of carbonyl (C=O) groups excluding carboxylic acids is 1. The first-order chi connectivity index (χ1) is 17.5. The van der Waals surface area contributed by atoms with E-state index in [-0.39, 0.29) is 17.2 Å². The molecule has 0 spiro atoms. The number of benzene rings is 2. The molecule has 36 heavy (non-hydrogen) atoms. The van der Waals surface area contributed by atoms with Crippen molar-refractivity contribution >= 4 is 33.2 Å². The van der Waals surface area contributed by atoms with Crippen molar-refractivity contribution in [2.75, 3.05) is 6.61 Å². The van der Waals surface area contributed by atoms with Gasteiger partial charge in [0.05, 0.1) is 23.8 Å². The number of hydrogen-bond donors (Lipinski definition) is 2. The number of nitriles is 1. The molecule has 0 saturated carbocycles. The number of carbonyl (C=O) groups is 1. The molecule has 1 aliphatic heterocycles. The monoisotopic (exact) mass is 562 g/mol. The van der Waals surface area contributed by atoms with Gasteiger partial charge in [0, 0.05) is 10.0 Å². The minimum Gasteiger partial charge on any atom is -0.490 e. The quantitative estimate of drug-likeness (QED) is 0.227. The SMILES string of the molecule is CCOc1cc([C@H]2C(C#N)=C(N)Oc3n[nH]c(-c4ccc(Br)cc4)c32)ccc1OC(=O)c1cccs1. The molecule has 2 aromatic carbocycles. The molecule has 0 unspecified atom stereocenters. The molecule has 0 aliphatic carbocycles. The summed E-state index contributed by atoms with van der Waals surface area (Å²) in [7, 11) is 0. The summed E-state index contributed by atoms with van der Waals surface area (Å²) in [6, 6.07) is 18.6. The van der Waals surface area contributed by atoms with Crippen LogP contribution in [0.25, 0.3) is 11.3 Å². The Bertz CT molecular complexity index is 1500. The van der Waals surface area contributed by atoms with Crippen molar-refractivity contribution < 1.29 is 19.0 Å². The Labute approximate surface area is 219 Å². The maximum Gasteiger partial charge on any atom is 0.353 e. The summed E-state index contributed by atoms with van der Waals surface area (Å²) >= 11 is 4.75. The topological polar surface area (TPSA) is 123 Å². The molecule has 3 N–H and O–H groups in total. The second kappa shape index (κ2) is 9.89. The lowest BCUT2D eigenvalue weighted by Gasteiger charge is -2.25. The number of thiophene rings is 1. The van der Waals surface area contributed by atoms with Crippen molar-refractivity contribution in [1.29, 1.82) is 5.26 Å². The molecule has 1 atom stereocenters. The highest BCUT2D eigenvalue weighted by Gasteiger charge is 2.36. The number of fused-ring (bicyclic) bond motifs is 1. The van der Waals surface area contributed by atoms with Gasteiger partial charge < -0.3 is 19.9 Å². The lowest BCUT2D eigenvalue weighted by Crippen LogP contribution is -2.21. The molecule has 10 heteroatoms. The molecule has 5 rings (SSSR count). The van der Waals surface area contributed by atoms with Gasteiger partial charge in [-0.2, -0.15) is 5.26 Å². The van der Waals surface area contributed by atoms with Crippen LogP contribution in [-0.2, 0) is 0 Å². The normalized spacial score (nSPS) is 14.5. The zero-order valence-electron chi connectivity index (χ0n) is 18.9. The average molecular weight is 563 g/mol. The lowest BCUT2D eigenvalue weighted by molar-refractivity contribution is 0.0733. The number of nitrogens with zero attached hydrogens (tertiary/aromatic N) is 2. The van der Waals surface area contributed by atoms with Crippen molar-refractivity contribution in [2.45, 2.75) is 12.8 Å². The fourth-order valence-corrected chi connectivity index (χ4v) is 4.88. The van der Waals surface area contributed by atoms with Crippen molar-refractivity contribution in [2.24, 2.45) is 5.73 Å². The van der Waals surface area contributed by atoms with Crippen LogP contribution in [0.4, 0.5) is 0 Å². The molecule has 180 valence electrons. The third kappa shape index (κ3) is 4.34. The number of nitrogens with two attached hydrogens (primary N) is 1. The zero-order chi connectivity index (χ0) is 25.2. The maximum absolute atomic E-state index is 12.5. The minimum atomic E-state index is -0.586. The summed E-state index contributed by atoms with van der Waals surface area (Å²) in [5.41, 5.74) is 9.32. The van der Waals surface area contributed by atoms with Crippen molar-refractivity contribution in [3.63, 3.8) is 0 Å². The number of nitrogens with one attached hydrogen (secondary N) is 1. The second-order valence-electron chi connectivity index (χ2n) is 7.76. The van der Waals surface area contributed by atoms with Crippen molar-refractivity contribution in [1.82, 2.24) is 10.2 Å². The largest absolute Gasteiger partial charge is 0.490 e. The first-order valence-corrected chi connectivity index (χ1v) is 12.6. The van der Waals surface area contributed by atoms with Crippen LogP contribution in [0.3, 0.4) is 0 Å². The van der Waals surface area contributed by atoms with Gasteiger partial charge in [-0.05, 0) is 48.2 Å². The third-order valence-corrected chi connectivity index (χ3v) is 6.98. The number of ether oxygens (including phenoxy) is 3. The van der Waals surface area contributed by atoms with Crippen molar-refractivity contribution in [3.8, 4) is 34.7 Å². The van der Waals surface area contributed by atoms with Gasteiger partial charge in [-0.25, -0.2) is 4.79 Å². The average Bonchev–Trinajstić information content (AvgIpc) is 3.55. The molecular weight excluding hydrogens is 544 g/mol. The Kier molecular flexibility index (Phi) is 6.50. The molecule has 3 heterocycles. The van der Waals surface area contributed by atoms with E-state index in [4.69, 9.17) is 19.9 Å². The standard InChI is InChI=1S/C26H19BrN4O4S/c1-2-33-19-12-15(7-10-18(19)34-26(32)20-4-3-11-36-20)21-17(13-28)24(29)35-25-22(21)23(30-31-25)14-5-8-16(27)9-6-14/h3-12,21H,2,29H2,1H3,(H,30,31)/t21-/m0/s1. The smallest absolute Gasteiger partial charge is 0.353 e. The Balaban J connectivity index is 1.60. The zero-order valence-corrected chi connectivity index (χ0v) is 21.4. The number of aromatic nitrogens is 2. The Morgan fingerprint density at radius 1 is 1.25 bits per heavy atom. The van der Waals surface area contributed by atoms with E-state index in [2.05, 4.69) is 32.2 Å². The Hall–Kier alpha value is -4.07. The predicted octanol–water partition coefficient (Wildman–Crippen LogP) is 5.74. The summed E-state index contributed by atoms with van der Waals surface area (Å²) in [5.74, 6) is -0.131. The van der Waals surface area contributed by atoms with E-state index in [0.29, 0.717) is 39.9 Å². The number of aromatic amines is 1. The van der Waals surface area contributed by atoms with Gasteiger partial charge in [0.1, 0.15) is 16.5 Å².